The van der Waals surface area contributed by atoms with E-state index in [0.717, 1.165) is 3.57 Å². The first-order chi connectivity index (χ1) is 8.58. The molecule has 2 aromatic carbocycles. The maximum absolute atomic E-state index is 11.9. The molecule has 5 heteroatoms. The van der Waals surface area contributed by atoms with E-state index in [4.69, 9.17) is 0 Å². The average molecular weight is 355 g/mol. The minimum absolute atomic E-state index is 0.128. The van der Waals surface area contributed by atoms with Crippen LogP contribution in [-0.4, -0.2) is 16.1 Å². The lowest BCUT2D eigenvalue weighted by molar-refractivity contribution is 0.102. The number of benzene rings is 2. The van der Waals surface area contributed by atoms with E-state index in [9.17, 15) is 15.0 Å². The Morgan fingerprint density at radius 3 is 2.28 bits per heavy atom. The summed E-state index contributed by atoms with van der Waals surface area (Å²) in [6.07, 6.45) is 0. The Morgan fingerprint density at radius 2 is 1.67 bits per heavy atom. The summed E-state index contributed by atoms with van der Waals surface area (Å²) in [4.78, 5) is 11.9. The van der Waals surface area contributed by atoms with Crippen LogP contribution in [-0.2, 0) is 0 Å². The fourth-order valence-corrected chi connectivity index (χ4v) is 2.06. The number of aromatic hydroxyl groups is 2. The third-order valence-electron chi connectivity index (χ3n) is 2.33. The van der Waals surface area contributed by atoms with Gasteiger partial charge in [0.05, 0.1) is 0 Å². The molecule has 0 spiro atoms. The van der Waals surface area contributed by atoms with E-state index >= 15 is 0 Å². The van der Waals surface area contributed by atoms with Crippen LogP contribution in [0.4, 0.5) is 5.69 Å². The topological polar surface area (TPSA) is 69.6 Å². The summed E-state index contributed by atoms with van der Waals surface area (Å²) in [6, 6.07) is 11.4. The highest BCUT2D eigenvalue weighted by atomic mass is 127. The van der Waals surface area contributed by atoms with Gasteiger partial charge in [-0.05, 0) is 52.9 Å². The normalized spacial score (nSPS) is 10.1. The number of amides is 1. The highest BCUT2D eigenvalue weighted by Crippen LogP contribution is 2.27. The quantitative estimate of drug-likeness (QED) is 0.726. The number of hydrogen-bond donors (Lipinski definition) is 3. The van der Waals surface area contributed by atoms with E-state index in [1.54, 1.807) is 12.1 Å². The lowest BCUT2D eigenvalue weighted by atomic mass is 10.1. The molecule has 3 N–H and O–H groups in total. The minimum Gasteiger partial charge on any atom is -0.507 e. The van der Waals surface area contributed by atoms with Crippen LogP contribution in [0.2, 0.25) is 0 Å². The maximum atomic E-state index is 11.9. The van der Waals surface area contributed by atoms with Crippen molar-refractivity contribution in [2.24, 2.45) is 0 Å². The maximum Gasteiger partial charge on any atom is 0.263 e. The molecule has 18 heavy (non-hydrogen) atoms. The molecule has 0 saturated carbocycles. The van der Waals surface area contributed by atoms with Gasteiger partial charge in [0.15, 0.2) is 0 Å². The first kappa shape index (κ1) is 12.7. The Hall–Kier alpha value is -1.76. The van der Waals surface area contributed by atoms with Crippen molar-refractivity contribution >= 4 is 34.2 Å². The molecule has 0 unspecified atom stereocenters. The number of carbonyl (C=O) groups is 1. The molecule has 0 heterocycles. The number of carbonyl (C=O) groups excluding carboxylic acids is 1. The lowest BCUT2D eigenvalue weighted by Gasteiger charge is -2.08. The summed E-state index contributed by atoms with van der Waals surface area (Å²) in [7, 11) is 0. The number of phenolic OH excluding ortho intramolecular Hbond substituents is 2. The number of hydrogen-bond acceptors (Lipinski definition) is 3. The van der Waals surface area contributed by atoms with Crippen LogP contribution >= 0.6 is 22.6 Å². The molecule has 1 amide bonds. The summed E-state index contributed by atoms with van der Waals surface area (Å²) < 4.78 is 0.979. The molecule has 92 valence electrons. The second kappa shape index (κ2) is 5.26. The van der Waals surface area contributed by atoms with Crippen LogP contribution in [0.25, 0.3) is 0 Å². The van der Waals surface area contributed by atoms with Crippen LogP contribution in [0, 0.1) is 3.57 Å². The van der Waals surface area contributed by atoms with Gasteiger partial charge in [-0.15, -0.1) is 0 Å². The van der Waals surface area contributed by atoms with Gasteiger partial charge in [0.2, 0.25) is 0 Å². The van der Waals surface area contributed by atoms with Gasteiger partial charge in [-0.1, -0.05) is 12.1 Å². The van der Waals surface area contributed by atoms with E-state index in [1.807, 2.05) is 12.1 Å². The van der Waals surface area contributed by atoms with Crippen molar-refractivity contribution in [1.82, 2.24) is 0 Å². The zero-order valence-electron chi connectivity index (χ0n) is 9.22. The Morgan fingerprint density at radius 1 is 1.06 bits per heavy atom. The summed E-state index contributed by atoms with van der Waals surface area (Å²) in [5, 5.41) is 21.8. The summed E-state index contributed by atoms with van der Waals surface area (Å²) >= 11 is 2.13. The third-order valence-corrected chi connectivity index (χ3v) is 3.00. The Labute approximate surface area is 117 Å². The van der Waals surface area contributed by atoms with E-state index in [0.29, 0.717) is 5.69 Å². The molecule has 4 nitrogen and oxygen atoms in total. The number of rotatable bonds is 2. The van der Waals surface area contributed by atoms with Crippen molar-refractivity contribution in [3.63, 3.8) is 0 Å². The average Bonchev–Trinajstić information content (AvgIpc) is 2.28. The van der Waals surface area contributed by atoms with Crippen LogP contribution < -0.4 is 5.32 Å². The van der Waals surface area contributed by atoms with Crippen LogP contribution in [0.15, 0.2) is 42.5 Å². The molecule has 0 aromatic heterocycles. The van der Waals surface area contributed by atoms with Crippen molar-refractivity contribution in [2.75, 3.05) is 5.32 Å². The van der Waals surface area contributed by atoms with E-state index in [-0.39, 0.29) is 17.1 Å². The standard InChI is InChI=1S/C13H10INO3/c14-8-3-1-4-9(7-8)15-13(18)12-10(16)5-2-6-11(12)17/h1-7,16-17H,(H,15,18). The minimum atomic E-state index is -0.549. The van der Waals surface area contributed by atoms with Gasteiger partial charge in [0, 0.05) is 9.26 Å². The van der Waals surface area contributed by atoms with E-state index in [1.165, 1.54) is 18.2 Å². The molecule has 2 aromatic rings. The molecule has 0 radical (unpaired) electrons. The van der Waals surface area contributed by atoms with Gasteiger partial charge in [0.25, 0.3) is 5.91 Å². The number of nitrogens with one attached hydrogen (secondary N) is 1. The molecular formula is C13H10INO3. The van der Waals surface area contributed by atoms with Crippen molar-refractivity contribution in [2.45, 2.75) is 0 Å². The first-order valence-corrected chi connectivity index (χ1v) is 6.23. The molecule has 2 rings (SSSR count). The molecule has 0 saturated heterocycles. The lowest BCUT2D eigenvalue weighted by Crippen LogP contribution is -2.12. The van der Waals surface area contributed by atoms with Crippen LogP contribution in [0.5, 0.6) is 11.5 Å². The van der Waals surface area contributed by atoms with Crippen molar-refractivity contribution in [3.8, 4) is 11.5 Å². The zero-order chi connectivity index (χ0) is 13.1. The Balaban J connectivity index is 2.28. The second-order valence-corrected chi connectivity index (χ2v) is 4.88. The van der Waals surface area contributed by atoms with Crippen molar-refractivity contribution < 1.29 is 15.0 Å². The van der Waals surface area contributed by atoms with Crippen molar-refractivity contribution in [3.05, 3.63) is 51.6 Å². The molecule has 0 aliphatic rings. The van der Waals surface area contributed by atoms with Gasteiger partial charge < -0.3 is 15.5 Å². The molecular weight excluding hydrogens is 345 g/mol. The Bertz CT molecular complexity index is 578. The fraction of sp³-hybridized carbons (Fsp3) is 0. The fourth-order valence-electron chi connectivity index (χ4n) is 1.52. The number of halogens is 1. The Kier molecular flexibility index (Phi) is 3.71. The van der Waals surface area contributed by atoms with Gasteiger partial charge >= 0.3 is 0 Å². The SMILES string of the molecule is O=C(Nc1cccc(I)c1)c1c(O)cccc1O. The van der Waals surface area contributed by atoms with Gasteiger partial charge in [-0.3, -0.25) is 4.79 Å². The summed E-state index contributed by atoms with van der Waals surface area (Å²) in [6.45, 7) is 0. The van der Waals surface area contributed by atoms with Crippen molar-refractivity contribution in [1.29, 1.82) is 0 Å². The van der Waals surface area contributed by atoms with E-state index < -0.39 is 5.91 Å². The van der Waals surface area contributed by atoms with Gasteiger partial charge in [-0.2, -0.15) is 0 Å². The molecule has 0 aliphatic carbocycles. The van der Waals surface area contributed by atoms with Crippen LogP contribution in [0.1, 0.15) is 10.4 Å². The zero-order valence-corrected chi connectivity index (χ0v) is 11.4. The van der Waals surface area contributed by atoms with Crippen LogP contribution in [0.3, 0.4) is 0 Å². The molecule has 0 bridgehead atoms. The first-order valence-electron chi connectivity index (χ1n) is 5.16. The van der Waals surface area contributed by atoms with E-state index in [2.05, 4.69) is 27.9 Å². The highest BCUT2D eigenvalue weighted by Gasteiger charge is 2.15. The predicted octanol–water partition coefficient (Wildman–Crippen LogP) is 2.95. The highest BCUT2D eigenvalue weighted by molar-refractivity contribution is 14.1. The molecule has 0 atom stereocenters. The molecule has 0 aliphatic heterocycles. The number of phenols is 2. The van der Waals surface area contributed by atoms with Gasteiger partial charge in [0.1, 0.15) is 17.1 Å². The predicted molar refractivity (Wildman–Crippen MR) is 76.9 cm³/mol. The summed E-state index contributed by atoms with van der Waals surface area (Å²) in [5.41, 5.74) is 0.478. The number of anilines is 1. The monoisotopic (exact) mass is 355 g/mol. The second-order valence-electron chi connectivity index (χ2n) is 3.64. The smallest absolute Gasteiger partial charge is 0.263 e. The largest absolute Gasteiger partial charge is 0.507 e. The third kappa shape index (κ3) is 2.73. The summed E-state index contributed by atoms with van der Waals surface area (Å²) in [5.74, 6) is -1.05. The molecule has 0 fully saturated rings. The van der Waals surface area contributed by atoms with Gasteiger partial charge in [-0.25, -0.2) is 0 Å².